The Morgan fingerprint density at radius 3 is 2.65 bits per heavy atom. The van der Waals surface area contributed by atoms with E-state index in [0.717, 1.165) is 35.3 Å². The number of amides is 1. The zero-order valence-corrected chi connectivity index (χ0v) is 27.1. The van der Waals surface area contributed by atoms with Crippen LogP contribution in [0.5, 0.6) is 5.75 Å². The summed E-state index contributed by atoms with van der Waals surface area (Å²) in [4.78, 5) is 20.3. The lowest BCUT2D eigenvalue weighted by atomic mass is 10.1. The van der Waals surface area contributed by atoms with Gasteiger partial charge in [0.15, 0.2) is 0 Å². The monoisotopic (exact) mass is 654 g/mol. The number of rotatable bonds is 12. The molecule has 236 valence electrons. The summed E-state index contributed by atoms with van der Waals surface area (Å²) in [6.45, 7) is 4.03. The molecule has 1 saturated heterocycles. The molecule has 0 bridgehead atoms. The maximum atomic E-state index is 14.3. The molecular formula is C34H34N6O4S2. The summed E-state index contributed by atoms with van der Waals surface area (Å²) in [5.74, 6) is 0.301. The van der Waals surface area contributed by atoms with Gasteiger partial charge in [-0.1, -0.05) is 18.2 Å². The second-order valence-corrected chi connectivity index (χ2v) is 14.1. The number of nitrogens with one attached hydrogen (secondary N) is 1. The fourth-order valence-electron chi connectivity index (χ4n) is 5.57. The number of ether oxygens (including phenoxy) is 1. The Hall–Kier alpha value is -4.70. The number of hydrogen-bond donors (Lipinski definition) is 1. The average molecular weight is 655 g/mol. The van der Waals surface area contributed by atoms with Crippen LogP contribution in [0.25, 0.3) is 10.1 Å². The van der Waals surface area contributed by atoms with E-state index >= 15 is 0 Å². The summed E-state index contributed by atoms with van der Waals surface area (Å²) < 4.78 is 38.0. The molecule has 1 amide bonds. The Bertz CT molecular complexity index is 1990. The topological polar surface area (TPSA) is 121 Å². The molecule has 0 spiro atoms. The Labute approximate surface area is 272 Å². The molecule has 3 aromatic carbocycles. The minimum atomic E-state index is -4.06. The summed E-state index contributed by atoms with van der Waals surface area (Å²) in [6.07, 6.45) is 5.74. The van der Waals surface area contributed by atoms with E-state index in [4.69, 9.17) is 10.00 Å². The van der Waals surface area contributed by atoms with Gasteiger partial charge in [-0.25, -0.2) is 13.4 Å². The Balaban J connectivity index is 1.30. The average Bonchev–Trinajstić information content (AvgIpc) is 3.85. The number of thiophene rings is 1. The number of nitrogens with zero attached hydrogens (tertiary/aromatic N) is 5. The quantitative estimate of drug-likeness (QED) is 0.195. The molecule has 1 aliphatic heterocycles. The standard InChI is InChI=1S/C34H34N6O4S2/c1-44-30-5-4-6-31(19-30)46(42,43)40(23-29-21-36-24-39(29)22-26-9-7-25(20-35)8-10-26)28-11-12-32-27(17-28)18-33(45-32)34(41)37-13-16-38-14-2-3-15-38/h4-12,17-19,21,24H,2-3,13-16,22-23H2,1H3,(H,37,41). The van der Waals surface area contributed by atoms with Crippen molar-refractivity contribution in [2.75, 3.05) is 37.6 Å². The number of benzene rings is 3. The summed E-state index contributed by atoms with van der Waals surface area (Å²) >= 11 is 1.38. The van der Waals surface area contributed by atoms with Crippen molar-refractivity contribution in [3.8, 4) is 11.8 Å². The molecule has 10 nitrogen and oxygen atoms in total. The molecule has 1 N–H and O–H groups in total. The van der Waals surface area contributed by atoms with Crippen LogP contribution in [0.3, 0.4) is 0 Å². The SMILES string of the molecule is COc1cccc(S(=O)(=O)N(Cc2cncn2Cc2ccc(C#N)cc2)c2ccc3sc(C(=O)NCCN4CCCC4)cc3c2)c1. The van der Waals surface area contributed by atoms with Gasteiger partial charge >= 0.3 is 0 Å². The van der Waals surface area contributed by atoms with Gasteiger partial charge in [-0.2, -0.15) is 5.26 Å². The number of anilines is 1. The van der Waals surface area contributed by atoms with Gasteiger partial charge in [-0.05, 0) is 85.4 Å². The van der Waals surface area contributed by atoms with E-state index in [1.54, 1.807) is 48.9 Å². The van der Waals surface area contributed by atoms with Gasteiger partial charge in [0.2, 0.25) is 0 Å². The lowest BCUT2D eigenvalue weighted by Crippen LogP contribution is -2.33. The van der Waals surface area contributed by atoms with E-state index < -0.39 is 10.0 Å². The fourth-order valence-corrected chi connectivity index (χ4v) is 8.00. The summed E-state index contributed by atoms with van der Waals surface area (Å²) in [5.41, 5.74) is 2.66. The third kappa shape index (κ3) is 6.92. The predicted octanol–water partition coefficient (Wildman–Crippen LogP) is 5.25. The molecule has 12 heteroatoms. The Morgan fingerprint density at radius 2 is 1.89 bits per heavy atom. The Morgan fingerprint density at radius 1 is 1.09 bits per heavy atom. The molecular weight excluding hydrogens is 621 g/mol. The van der Waals surface area contributed by atoms with Crippen molar-refractivity contribution in [3.05, 3.63) is 107 Å². The molecule has 5 aromatic rings. The van der Waals surface area contributed by atoms with Crippen molar-refractivity contribution in [1.29, 1.82) is 5.26 Å². The summed E-state index contributed by atoms with van der Waals surface area (Å²) in [6, 6.07) is 23.0. The van der Waals surface area contributed by atoms with Gasteiger partial charge in [0.05, 0.1) is 52.8 Å². The predicted molar refractivity (Wildman–Crippen MR) is 179 cm³/mol. The van der Waals surface area contributed by atoms with E-state index in [9.17, 15) is 13.2 Å². The molecule has 0 unspecified atom stereocenters. The number of imidazole rings is 1. The number of nitriles is 1. The minimum absolute atomic E-state index is 0.00924. The third-order valence-corrected chi connectivity index (χ3v) is 11.0. The summed E-state index contributed by atoms with van der Waals surface area (Å²) in [5, 5.41) is 13.0. The number of likely N-dealkylation sites (tertiary alicyclic amines) is 1. The van der Waals surface area contributed by atoms with Crippen LogP contribution in [0, 0.1) is 11.3 Å². The third-order valence-electron chi connectivity index (χ3n) is 8.09. The summed E-state index contributed by atoms with van der Waals surface area (Å²) in [7, 11) is -2.57. The van der Waals surface area contributed by atoms with Crippen LogP contribution >= 0.6 is 11.3 Å². The first-order valence-electron chi connectivity index (χ1n) is 15.0. The van der Waals surface area contributed by atoms with Gasteiger partial charge in [0, 0.05) is 36.6 Å². The molecule has 0 atom stereocenters. The highest BCUT2D eigenvalue weighted by Gasteiger charge is 2.27. The van der Waals surface area contributed by atoms with Crippen LogP contribution < -0.4 is 14.4 Å². The van der Waals surface area contributed by atoms with Crippen LogP contribution in [0.1, 0.15) is 39.3 Å². The number of aromatic nitrogens is 2. The molecule has 1 fully saturated rings. The van der Waals surface area contributed by atoms with Gasteiger partial charge in [-0.3, -0.25) is 9.10 Å². The van der Waals surface area contributed by atoms with Gasteiger partial charge in [0.25, 0.3) is 15.9 Å². The Kier molecular flexibility index (Phi) is 9.35. The van der Waals surface area contributed by atoms with Crippen molar-refractivity contribution in [1.82, 2.24) is 19.8 Å². The first-order valence-corrected chi connectivity index (χ1v) is 17.3. The second kappa shape index (κ2) is 13.7. The molecule has 0 saturated carbocycles. The number of sulfonamides is 1. The lowest BCUT2D eigenvalue weighted by molar-refractivity contribution is 0.0954. The number of carbonyl (C=O) groups excluding carboxylic acids is 1. The van der Waals surface area contributed by atoms with E-state index in [0.29, 0.717) is 40.7 Å². The van der Waals surface area contributed by atoms with Crippen molar-refractivity contribution in [2.24, 2.45) is 0 Å². The smallest absolute Gasteiger partial charge is 0.264 e. The number of hydrogen-bond acceptors (Lipinski definition) is 8. The maximum Gasteiger partial charge on any atom is 0.264 e. The highest BCUT2D eigenvalue weighted by atomic mass is 32.2. The molecule has 0 aliphatic carbocycles. The van der Waals surface area contributed by atoms with Crippen LogP contribution in [0.2, 0.25) is 0 Å². The van der Waals surface area contributed by atoms with Crippen LogP contribution in [0.15, 0.2) is 90.2 Å². The molecule has 1 aliphatic rings. The van der Waals surface area contributed by atoms with Crippen molar-refractivity contribution < 1.29 is 17.9 Å². The van der Waals surface area contributed by atoms with Gasteiger partial charge < -0.3 is 19.5 Å². The van der Waals surface area contributed by atoms with Crippen LogP contribution in [-0.4, -0.2) is 62.1 Å². The molecule has 3 heterocycles. The first-order chi connectivity index (χ1) is 22.3. The van der Waals surface area contributed by atoms with Crippen molar-refractivity contribution in [3.63, 3.8) is 0 Å². The lowest BCUT2D eigenvalue weighted by Gasteiger charge is -2.25. The second-order valence-electron chi connectivity index (χ2n) is 11.1. The van der Waals surface area contributed by atoms with Gasteiger partial charge in [0.1, 0.15) is 5.75 Å². The minimum Gasteiger partial charge on any atom is -0.497 e. The zero-order chi connectivity index (χ0) is 32.1. The van der Waals surface area contributed by atoms with E-state index in [1.807, 2.05) is 34.9 Å². The van der Waals surface area contributed by atoms with Crippen LogP contribution in [-0.2, 0) is 23.1 Å². The highest BCUT2D eigenvalue weighted by molar-refractivity contribution is 7.92. The first kappa shape index (κ1) is 31.3. The van der Waals surface area contributed by atoms with Crippen LogP contribution in [0.4, 0.5) is 5.69 Å². The number of carbonyl (C=O) groups is 1. The fraction of sp³-hybridized carbons (Fsp3) is 0.265. The normalized spacial score (nSPS) is 13.5. The molecule has 0 radical (unpaired) electrons. The molecule has 2 aromatic heterocycles. The highest BCUT2D eigenvalue weighted by Crippen LogP contribution is 2.33. The van der Waals surface area contributed by atoms with E-state index in [1.165, 1.54) is 41.7 Å². The molecule has 6 rings (SSSR count). The van der Waals surface area contributed by atoms with Gasteiger partial charge in [-0.15, -0.1) is 11.3 Å². The van der Waals surface area contributed by atoms with E-state index in [-0.39, 0.29) is 17.3 Å². The molecule has 46 heavy (non-hydrogen) atoms. The van der Waals surface area contributed by atoms with E-state index in [2.05, 4.69) is 21.3 Å². The van der Waals surface area contributed by atoms with Crippen molar-refractivity contribution in [2.45, 2.75) is 30.8 Å². The maximum absolute atomic E-state index is 14.3. The zero-order valence-electron chi connectivity index (χ0n) is 25.4. The number of fused-ring (bicyclic) bond motifs is 1. The largest absolute Gasteiger partial charge is 0.497 e. The number of methoxy groups -OCH3 is 1. The van der Waals surface area contributed by atoms with Crippen molar-refractivity contribution >= 4 is 43.0 Å².